The van der Waals surface area contributed by atoms with Crippen molar-refractivity contribution in [1.29, 1.82) is 0 Å². The van der Waals surface area contributed by atoms with Crippen molar-refractivity contribution < 1.29 is 9.53 Å². The van der Waals surface area contributed by atoms with E-state index in [0.717, 1.165) is 22.6 Å². The van der Waals surface area contributed by atoms with Crippen molar-refractivity contribution in [3.05, 3.63) is 64.4 Å². The Morgan fingerprint density at radius 3 is 2.72 bits per heavy atom. The molecule has 186 valence electrons. The van der Waals surface area contributed by atoms with Gasteiger partial charge in [-0.3, -0.25) is 19.4 Å². The van der Waals surface area contributed by atoms with Crippen LogP contribution < -0.4 is 9.64 Å². The first-order valence-corrected chi connectivity index (χ1v) is 12.6. The van der Waals surface area contributed by atoms with Crippen LogP contribution in [0.3, 0.4) is 0 Å². The number of anilines is 1. The summed E-state index contributed by atoms with van der Waals surface area (Å²) in [5.41, 5.74) is 3.79. The topological polar surface area (TPSA) is 78.1 Å². The molecular formula is C26H26Cl2N6O2. The van der Waals surface area contributed by atoms with Crippen molar-refractivity contribution in [2.45, 2.75) is 46.3 Å². The first-order chi connectivity index (χ1) is 17.4. The molecule has 0 fully saturated rings. The lowest BCUT2D eigenvalue weighted by Gasteiger charge is -2.27. The number of fused-ring (bicyclic) bond motifs is 1. The fourth-order valence-corrected chi connectivity index (χ4v) is 4.93. The molecule has 36 heavy (non-hydrogen) atoms. The summed E-state index contributed by atoms with van der Waals surface area (Å²) in [5.74, 6) is 1.43. The Hall–Kier alpha value is -3.36. The second kappa shape index (κ2) is 9.95. The number of hydrogen-bond donors (Lipinski definition) is 0. The van der Waals surface area contributed by atoms with Crippen molar-refractivity contribution in [3.63, 3.8) is 0 Å². The first-order valence-electron chi connectivity index (χ1n) is 11.9. The van der Waals surface area contributed by atoms with Crippen molar-refractivity contribution in [1.82, 2.24) is 24.5 Å². The van der Waals surface area contributed by atoms with Gasteiger partial charge in [0.05, 0.1) is 35.9 Å². The minimum atomic E-state index is 0.0287. The zero-order chi connectivity index (χ0) is 25.4. The van der Waals surface area contributed by atoms with Crippen LogP contribution in [-0.2, 0) is 17.9 Å². The summed E-state index contributed by atoms with van der Waals surface area (Å²) in [5, 5.41) is 10.2. The molecule has 0 spiro atoms. The molecule has 8 nitrogen and oxygen atoms in total. The van der Waals surface area contributed by atoms with Crippen LogP contribution in [0.15, 0.2) is 48.8 Å². The van der Waals surface area contributed by atoms with Gasteiger partial charge in [-0.25, -0.2) is 4.68 Å². The summed E-state index contributed by atoms with van der Waals surface area (Å²) in [7, 11) is 0. The van der Waals surface area contributed by atoms with Gasteiger partial charge in [-0.1, -0.05) is 35.3 Å². The number of carbonyl (C=O) groups excluding carboxylic acids is 1. The number of hydrogen-bond acceptors (Lipinski definition) is 5. The lowest BCUT2D eigenvalue weighted by Crippen LogP contribution is -2.36. The normalized spacial score (nSPS) is 13.4. The summed E-state index contributed by atoms with van der Waals surface area (Å²) in [6.45, 7) is 7.41. The van der Waals surface area contributed by atoms with Crippen LogP contribution in [0.4, 0.5) is 5.82 Å². The highest BCUT2D eigenvalue weighted by atomic mass is 35.5. The van der Waals surface area contributed by atoms with Crippen LogP contribution in [-0.4, -0.2) is 37.1 Å². The van der Waals surface area contributed by atoms with E-state index in [1.165, 1.54) is 0 Å². The molecule has 1 aliphatic rings. The van der Waals surface area contributed by atoms with Crippen LogP contribution in [0, 0.1) is 0 Å². The van der Waals surface area contributed by atoms with Crippen molar-refractivity contribution in [2.75, 3.05) is 11.5 Å². The number of carbonyl (C=O) groups is 1. The second-order valence-electron chi connectivity index (χ2n) is 8.82. The Bertz CT molecular complexity index is 1430. The number of amides is 1. The van der Waals surface area contributed by atoms with Crippen molar-refractivity contribution >= 4 is 34.9 Å². The summed E-state index contributed by atoms with van der Waals surface area (Å²) < 4.78 is 9.41. The quantitative estimate of drug-likeness (QED) is 0.294. The molecule has 0 aliphatic carbocycles. The van der Waals surface area contributed by atoms with Crippen molar-refractivity contribution in [3.8, 4) is 28.4 Å². The molecule has 5 rings (SSSR count). The molecule has 3 aromatic heterocycles. The highest BCUT2D eigenvalue weighted by Gasteiger charge is 2.28. The molecule has 0 saturated carbocycles. The molecule has 10 heteroatoms. The van der Waals surface area contributed by atoms with E-state index in [1.807, 2.05) is 66.5 Å². The second-order valence-corrected chi connectivity index (χ2v) is 9.63. The smallest absolute Gasteiger partial charge is 0.230 e. The standard InChI is InChI=1S/C26H26Cl2N6O2/c1-4-36-22-6-5-10-29-25(22)18-8-7-17(12-19(18)27)15-32-23-13-21(31-33(23)11-9-24(32)35)26-20(28)14-30-34(26)16(2)3/h5-8,10,12-14,16H,4,9,11,15H2,1-3H3. The minimum absolute atomic E-state index is 0.0287. The highest BCUT2D eigenvalue weighted by Crippen LogP contribution is 2.36. The molecule has 0 saturated heterocycles. The predicted octanol–water partition coefficient (Wildman–Crippen LogP) is 6.03. The van der Waals surface area contributed by atoms with Gasteiger partial charge in [-0.2, -0.15) is 10.2 Å². The number of halogens is 2. The molecule has 1 aliphatic heterocycles. The van der Waals surface area contributed by atoms with Gasteiger partial charge in [0.2, 0.25) is 5.91 Å². The average Bonchev–Trinajstić information content (AvgIpc) is 3.45. The zero-order valence-electron chi connectivity index (χ0n) is 20.3. The van der Waals surface area contributed by atoms with Crippen molar-refractivity contribution in [2.24, 2.45) is 0 Å². The lowest BCUT2D eigenvalue weighted by atomic mass is 10.1. The third-order valence-corrected chi connectivity index (χ3v) is 6.65. The maximum atomic E-state index is 13.0. The molecule has 4 heterocycles. The van der Waals surface area contributed by atoms with E-state index in [1.54, 1.807) is 17.3 Å². The Balaban J connectivity index is 1.46. The molecule has 0 unspecified atom stereocenters. The van der Waals surface area contributed by atoms with E-state index in [2.05, 4.69) is 10.1 Å². The van der Waals surface area contributed by atoms with E-state index in [9.17, 15) is 4.79 Å². The van der Waals surface area contributed by atoms with Gasteiger partial charge in [0.1, 0.15) is 28.6 Å². The number of aromatic nitrogens is 5. The number of nitrogens with zero attached hydrogens (tertiary/aromatic N) is 6. The van der Waals surface area contributed by atoms with Gasteiger partial charge >= 0.3 is 0 Å². The maximum absolute atomic E-state index is 13.0. The van der Waals surface area contributed by atoms with Crippen LogP contribution in [0.5, 0.6) is 5.75 Å². The fourth-order valence-electron chi connectivity index (χ4n) is 4.41. The van der Waals surface area contributed by atoms with E-state index in [0.29, 0.717) is 53.3 Å². The Morgan fingerprint density at radius 2 is 1.97 bits per heavy atom. The third kappa shape index (κ3) is 4.47. The van der Waals surface area contributed by atoms with Gasteiger partial charge in [-0.05, 0) is 44.5 Å². The maximum Gasteiger partial charge on any atom is 0.230 e. The van der Waals surface area contributed by atoms with E-state index >= 15 is 0 Å². The number of pyridine rings is 1. The van der Waals surface area contributed by atoms with Gasteiger partial charge in [0.15, 0.2) is 0 Å². The summed E-state index contributed by atoms with van der Waals surface area (Å²) in [6, 6.07) is 11.5. The Morgan fingerprint density at radius 1 is 1.14 bits per heavy atom. The van der Waals surface area contributed by atoms with Crippen LogP contribution in [0.1, 0.15) is 38.8 Å². The molecular weight excluding hydrogens is 499 g/mol. The predicted molar refractivity (Wildman–Crippen MR) is 141 cm³/mol. The Kier molecular flexibility index (Phi) is 6.73. The fraction of sp³-hybridized carbons (Fsp3) is 0.308. The molecule has 1 amide bonds. The molecule has 0 bridgehead atoms. The van der Waals surface area contributed by atoms with Gasteiger partial charge < -0.3 is 4.74 Å². The molecule has 1 aromatic carbocycles. The van der Waals surface area contributed by atoms with Crippen LogP contribution >= 0.6 is 23.2 Å². The van der Waals surface area contributed by atoms with E-state index in [4.69, 9.17) is 33.0 Å². The molecule has 0 radical (unpaired) electrons. The molecule has 0 atom stereocenters. The minimum Gasteiger partial charge on any atom is -0.492 e. The van der Waals surface area contributed by atoms with E-state index < -0.39 is 0 Å². The van der Waals surface area contributed by atoms with Crippen LogP contribution in [0.2, 0.25) is 10.0 Å². The molecule has 0 N–H and O–H groups in total. The van der Waals surface area contributed by atoms with Gasteiger partial charge in [-0.15, -0.1) is 0 Å². The average molecular weight is 525 g/mol. The number of ether oxygens (including phenoxy) is 1. The summed E-state index contributed by atoms with van der Waals surface area (Å²) in [6.07, 6.45) is 3.70. The zero-order valence-corrected chi connectivity index (χ0v) is 21.8. The monoisotopic (exact) mass is 524 g/mol. The highest BCUT2D eigenvalue weighted by molar-refractivity contribution is 6.33. The SMILES string of the molecule is CCOc1cccnc1-c1ccc(CN2C(=O)CCn3nc(-c4c(Cl)cnn4C(C)C)cc32)cc1Cl. The number of benzene rings is 1. The third-order valence-electron chi connectivity index (χ3n) is 6.06. The number of rotatable bonds is 7. The first kappa shape index (κ1) is 24.3. The number of aryl methyl sites for hydroxylation is 1. The Labute approximate surface area is 219 Å². The van der Waals surface area contributed by atoms with Gasteiger partial charge in [0.25, 0.3) is 0 Å². The van der Waals surface area contributed by atoms with Gasteiger partial charge in [0, 0.05) is 30.3 Å². The lowest BCUT2D eigenvalue weighted by molar-refractivity contribution is -0.119. The van der Waals surface area contributed by atoms with E-state index in [-0.39, 0.29) is 11.9 Å². The summed E-state index contributed by atoms with van der Waals surface area (Å²) >= 11 is 13.1. The summed E-state index contributed by atoms with van der Waals surface area (Å²) in [4.78, 5) is 19.2. The largest absolute Gasteiger partial charge is 0.492 e. The van der Waals surface area contributed by atoms with Crippen LogP contribution in [0.25, 0.3) is 22.6 Å². The molecule has 4 aromatic rings.